The second kappa shape index (κ2) is 4.71. The average molecular weight is 290 g/mol. The summed E-state index contributed by atoms with van der Waals surface area (Å²) in [5.41, 5.74) is 1.10. The lowest BCUT2D eigenvalue weighted by molar-refractivity contribution is 0.399. The van der Waals surface area contributed by atoms with Gasteiger partial charge in [0.05, 0.1) is 0 Å². The van der Waals surface area contributed by atoms with Crippen LogP contribution in [0.3, 0.4) is 0 Å². The molecule has 0 bridgehead atoms. The van der Waals surface area contributed by atoms with E-state index in [0.717, 1.165) is 15.9 Å². The van der Waals surface area contributed by atoms with Gasteiger partial charge < -0.3 is 4.90 Å². The van der Waals surface area contributed by atoms with Crippen molar-refractivity contribution in [1.82, 2.24) is 4.98 Å². The Bertz CT molecular complexity index is 352. The van der Waals surface area contributed by atoms with Gasteiger partial charge in [0.25, 0.3) is 0 Å². The fourth-order valence-electron chi connectivity index (χ4n) is 1.72. The molecule has 82 valence electrons. The summed E-state index contributed by atoms with van der Waals surface area (Å²) in [6.07, 6.45) is 5.74. The van der Waals surface area contributed by atoms with Gasteiger partial charge in [-0.3, -0.25) is 0 Å². The predicted octanol–water partition coefficient (Wildman–Crippen LogP) is 3.57. The van der Waals surface area contributed by atoms with E-state index < -0.39 is 0 Å². The number of nitrogens with zero attached hydrogens (tertiary/aromatic N) is 2. The van der Waals surface area contributed by atoms with Crippen molar-refractivity contribution in [3.8, 4) is 0 Å². The molecule has 0 N–H and O–H groups in total. The topological polar surface area (TPSA) is 16.1 Å². The van der Waals surface area contributed by atoms with Crippen molar-refractivity contribution in [3.63, 3.8) is 0 Å². The molecular formula is C11H14BrClN2. The van der Waals surface area contributed by atoms with Crippen LogP contribution in [0.25, 0.3) is 0 Å². The van der Waals surface area contributed by atoms with Crippen LogP contribution in [0.15, 0.2) is 16.7 Å². The maximum absolute atomic E-state index is 5.86. The van der Waals surface area contributed by atoms with Crippen molar-refractivity contribution < 1.29 is 0 Å². The maximum Gasteiger partial charge on any atom is 0.128 e. The summed E-state index contributed by atoms with van der Waals surface area (Å²) in [7, 11) is 2.11. The van der Waals surface area contributed by atoms with Crippen LogP contribution in [0.4, 0.5) is 5.82 Å². The Kier molecular flexibility index (Phi) is 3.52. The first-order valence-corrected chi connectivity index (χ1v) is 6.48. The second-order valence-electron chi connectivity index (χ2n) is 3.96. The van der Waals surface area contributed by atoms with E-state index in [2.05, 4.69) is 38.9 Å². The molecule has 1 aliphatic rings. The van der Waals surface area contributed by atoms with E-state index in [1.54, 1.807) is 0 Å². The third-order valence-electron chi connectivity index (χ3n) is 3.05. The molecule has 2 rings (SSSR count). The number of anilines is 1. The smallest absolute Gasteiger partial charge is 0.128 e. The van der Waals surface area contributed by atoms with E-state index in [1.165, 1.54) is 19.3 Å². The van der Waals surface area contributed by atoms with Crippen LogP contribution in [0.1, 0.15) is 24.8 Å². The fourth-order valence-corrected chi connectivity index (χ4v) is 2.46. The molecule has 1 aromatic heterocycles. The van der Waals surface area contributed by atoms with Crippen LogP contribution >= 0.6 is 27.5 Å². The molecule has 0 aromatic carbocycles. The van der Waals surface area contributed by atoms with Crippen LogP contribution in [-0.2, 0) is 5.88 Å². The summed E-state index contributed by atoms with van der Waals surface area (Å²) in [6.45, 7) is 0. The lowest BCUT2D eigenvalue weighted by Gasteiger charge is -2.35. The Morgan fingerprint density at radius 3 is 2.87 bits per heavy atom. The molecule has 0 saturated heterocycles. The Hall–Kier alpha value is -0.280. The fraction of sp³-hybridized carbons (Fsp3) is 0.545. The van der Waals surface area contributed by atoms with Gasteiger partial charge in [-0.05, 0) is 46.8 Å². The van der Waals surface area contributed by atoms with Crippen LogP contribution < -0.4 is 4.90 Å². The summed E-state index contributed by atoms with van der Waals surface area (Å²) in [5, 5.41) is 0. The van der Waals surface area contributed by atoms with E-state index in [1.807, 2.05) is 6.20 Å². The normalized spacial score (nSPS) is 16.2. The number of aromatic nitrogens is 1. The number of pyridine rings is 1. The predicted molar refractivity (Wildman–Crippen MR) is 67.5 cm³/mol. The molecular weight excluding hydrogens is 275 g/mol. The Morgan fingerprint density at radius 2 is 2.33 bits per heavy atom. The molecule has 0 unspecified atom stereocenters. The molecule has 0 spiro atoms. The van der Waals surface area contributed by atoms with Crippen molar-refractivity contribution >= 4 is 33.3 Å². The SMILES string of the molecule is CN(c1cc(CCl)c(Br)cn1)C1CCC1. The molecule has 4 heteroatoms. The lowest BCUT2D eigenvalue weighted by Crippen LogP contribution is -2.37. The van der Waals surface area contributed by atoms with Gasteiger partial charge in [0.1, 0.15) is 5.82 Å². The summed E-state index contributed by atoms with van der Waals surface area (Å²) >= 11 is 9.30. The first kappa shape index (κ1) is 11.2. The average Bonchev–Trinajstić information content (AvgIpc) is 2.15. The second-order valence-corrected chi connectivity index (χ2v) is 5.08. The summed E-state index contributed by atoms with van der Waals surface area (Å²) in [4.78, 5) is 6.67. The Labute approximate surface area is 104 Å². The minimum Gasteiger partial charge on any atom is -0.357 e. The number of alkyl halides is 1. The van der Waals surface area contributed by atoms with Gasteiger partial charge in [0, 0.05) is 29.6 Å². The van der Waals surface area contributed by atoms with Crippen LogP contribution in [-0.4, -0.2) is 18.1 Å². The van der Waals surface area contributed by atoms with Crippen molar-refractivity contribution in [3.05, 3.63) is 22.3 Å². The van der Waals surface area contributed by atoms with Gasteiger partial charge in [0.2, 0.25) is 0 Å². The monoisotopic (exact) mass is 288 g/mol. The zero-order valence-corrected chi connectivity index (χ0v) is 11.1. The third kappa shape index (κ3) is 2.28. The molecule has 0 atom stereocenters. The van der Waals surface area contributed by atoms with Crippen molar-refractivity contribution in [2.75, 3.05) is 11.9 Å². The van der Waals surface area contributed by atoms with E-state index >= 15 is 0 Å². The highest BCUT2D eigenvalue weighted by atomic mass is 79.9. The van der Waals surface area contributed by atoms with Crippen molar-refractivity contribution in [2.45, 2.75) is 31.2 Å². The molecule has 0 amide bonds. The number of hydrogen-bond acceptors (Lipinski definition) is 2. The lowest BCUT2D eigenvalue weighted by atomic mass is 9.92. The number of halogens is 2. The first-order chi connectivity index (χ1) is 7.22. The molecule has 2 nitrogen and oxygen atoms in total. The standard InChI is InChI=1S/C11H14BrClN2/c1-15(9-3-2-4-9)11-5-8(6-13)10(12)7-14-11/h5,7,9H,2-4,6H2,1H3. The molecule has 1 heterocycles. The molecule has 0 aliphatic heterocycles. The van der Waals surface area contributed by atoms with Gasteiger partial charge in [-0.25, -0.2) is 4.98 Å². The third-order valence-corrected chi connectivity index (χ3v) is 4.05. The quantitative estimate of drug-likeness (QED) is 0.791. The summed E-state index contributed by atoms with van der Waals surface area (Å²) in [5.74, 6) is 1.55. The molecule has 1 aliphatic carbocycles. The molecule has 1 aromatic rings. The van der Waals surface area contributed by atoms with Crippen LogP contribution in [0, 0.1) is 0 Å². The summed E-state index contributed by atoms with van der Waals surface area (Å²) < 4.78 is 0.989. The first-order valence-electron chi connectivity index (χ1n) is 5.15. The molecule has 1 saturated carbocycles. The highest BCUT2D eigenvalue weighted by Gasteiger charge is 2.23. The van der Waals surface area contributed by atoms with E-state index in [0.29, 0.717) is 11.9 Å². The summed E-state index contributed by atoms with van der Waals surface area (Å²) in [6, 6.07) is 2.73. The van der Waals surface area contributed by atoms with Crippen molar-refractivity contribution in [2.24, 2.45) is 0 Å². The molecule has 15 heavy (non-hydrogen) atoms. The minimum atomic E-state index is 0.522. The van der Waals surface area contributed by atoms with Gasteiger partial charge >= 0.3 is 0 Å². The zero-order valence-electron chi connectivity index (χ0n) is 8.71. The van der Waals surface area contributed by atoms with Gasteiger partial charge in [-0.1, -0.05) is 0 Å². The largest absolute Gasteiger partial charge is 0.357 e. The zero-order chi connectivity index (χ0) is 10.8. The van der Waals surface area contributed by atoms with Gasteiger partial charge in [-0.15, -0.1) is 11.6 Å². The van der Waals surface area contributed by atoms with E-state index in [9.17, 15) is 0 Å². The molecule has 1 fully saturated rings. The number of hydrogen-bond donors (Lipinski definition) is 0. The maximum atomic E-state index is 5.86. The van der Waals surface area contributed by atoms with E-state index in [4.69, 9.17) is 11.6 Å². The van der Waals surface area contributed by atoms with Crippen LogP contribution in [0.5, 0.6) is 0 Å². The van der Waals surface area contributed by atoms with Crippen molar-refractivity contribution in [1.29, 1.82) is 0 Å². The van der Waals surface area contributed by atoms with E-state index in [-0.39, 0.29) is 0 Å². The Morgan fingerprint density at radius 1 is 1.60 bits per heavy atom. The highest BCUT2D eigenvalue weighted by Crippen LogP contribution is 2.29. The van der Waals surface area contributed by atoms with Gasteiger partial charge in [0.15, 0.2) is 0 Å². The van der Waals surface area contributed by atoms with Crippen LogP contribution in [0.2, 0.25) is 0 Å². The van der Waals surface area contributed by atoms with Gasteiger partial charge in [-0.2, -0.15) is 0 Å². The number of rotatable bonds is 3. The minimum absolute atomic E-state index is 0.522. The Balaban J connectivity index is 2.20. The molecule has 0 radical (unpaired) electrons. The highest BCUT2D eigenvalue weighted by molar-refractivity contribution is 9.10.